The Hall–Kier alpha value is -2.43. The summed E-state index contributed by atoms with van der Waals surface area (Å²) in [5.41, 5.74) is 7.06. The molecule has 0 amide bonds. The number of ether oxygens (including phenoxy) is 2. The fourth-order valence-corrected chi connectivity index (χ4v) is 1.93. The number of hydrogen-bond donors (Lipinski definition) is 2. The lowest BCUT2D eigenvalue weighted by molar-refractivity contribution is 0.288. The maximum absolute atomic E-state index is 13.4. The molecule has 0 saturated carbocycles. The summed E-state index contributed by atoms with van der Waals surface area (Å²) in [6, 6.07) is 10.1. The van der Waals surface area contributed by atoms with Crippen molar-refractivity contribution in [3.8, 4) is 11.5 Å². The molecule has 0 aliphatic carbocycles. The Kier molecular flexibility index (Phi) is 4.87. The summed E-state index contributed by atoms with van der Waals surface area (Å²) in [6.07, 6.45) is 0. The van der Waals surface area contributed by atoms with E-state index >= 15 is 0 Å². The molecule has 0 aromatic heterocycles. The summed E-state index contributed by atoms with van der Waals surface area (Å²) < 4.78 is 24.5. The summed E-state index contributed by atoms with van der Waals surface area (Å²) in [6.45, 7) is 4.91. The molecule has 0 heterocycles. The van der Waals surface area contributed by atoms with E-state index in [-0.39, 0.29) is 5.69 Å². The Morgan fingerprint density at radius 2 is 1.76 bits per heavy atom. The first kappa shape index (κ1) is 15.0. The van der Waals surface area contributed by atoms with E-state index < -0.39 is 5.82 Å². The fourth-order valence-electron chi connectivity index (χ4n) is 1.93. The highest BCUT2D eigenvalue weighted by molar-refractivity contribution is 5.73. The lowest BCUT2D eigenvalue weighted by atomic mass is 10.2. The quantitative estimate of drug-likeness (QED) is 0.791. The molecule has 5 heteroatoms. The highest BCUT2D eigenvalue weighted by Crippen LogP contribution is 2.33. The van der Waals surface area contributed by atoms with Crippen LogP contribution < -0.4 is 20.5 Å². The van der Waals surface area contributed by atoms with Crippen LogP contribution in [0.15, 0.2) is 36.4 Å². The largest absolute Gasteiger partial charge is 0.490 e. The van der Waals surface area contributed by atoms with Crippen molar-refractivity contribution in [2.24, 2.45) is 0 Å². The van der Waals surface area contributed by atoms with Crippen molar-refractivity contribution in [3.05, 3.63) is 42.2 Å². The number of rotatable bonds is 6. The summed E-state index contributed by atoms with van der Waals surface area (Å²) in [5.74, 6) is 0.868. The third kappa shape index (κ3) is 3.56. The Labute approximate surface area is 123 Å². The average molecular weight is 290 g/mol. The van der Waals surface area contributed by atoms with Crippen LogP contribution in [0.3, 0.4) is 0 Å². The predicted octanol–water partition coefficient (Wildman–Crippen LogP) is 3.95. The van der Waals surface area contributed by atoms with Crippen LogP contribution in [0, 0.1) is 5.82 Å². The molecule has 3 N–H and O–H groups in total. The maximum atomic E-state index is 13.4. The van der Waals surface area contributed by atoms with Crippen LogP contribution in [0.1, 0.15) is 13.8 Å². The SMILES string of the molecule is CCOc1ccc(Nc2cccc(F)c2N)cc1OCC. The highest BCUT2D eigenvalue weighted by Gasteiger charge is 2.08. The van der Waals surface area contributed by atoms with Gasteiger partial charge in [0.05, 0.1) is 24.6 Å². The molecule has 2 aromatic carbocycles. The third-order valence-corrected chi connectivity index (χ3v) is 2.88. The molecule has 0 fully saturated rings. The van der Waals surface area contributed by atoms with E-state index in [1.54, 1.807) is 18.2 Å². The maximum Gasteiger partial charge on any atom is 0.163 e. The van der Waals surface area contributed by atoms with Gasteiger partial charge >= 0.3 is 0 Å². The van der Waals surface area contributed by atoms with Crippen molar-refractivity contribution in [3.63, 3.8) is 0 Å². The zero-order valence-corrected chi connectivity index (χ0v) is 12.2. The summed E-state index contributed by atoms with van der Waals surface area (Å²) in [4.78, 5) is 0. The zero-order chi connectivity index (χ0) is 15.2. The number of halogens is 1. The molecule has 21 heavy (non-hydrogen) atoms. The summed E-state index contributed by atoms with van der Waals surface area (Å²) in [5, 5.41) is 3.08. The molecule has 112 valence electrons. The van der Waals surface area contributed by atoms with E-state index in [1.807, 2.05) is 26.0 Å². The highest BCUT2D eigenvalue weighted by atomic mass is 19.1. The first-order valence-electron chi connectivity index (χ1n) is 6.86. The number of anilines is 3. The Balaban J connectivity index is 2.28. The first-order valence-corrected chi connectivity index (χ1v) is 6.86. The standard InChI is InChI=1S/C16H19FN2O2/c1-3-20-14-9-8-11(10-15(14)21-4-2)19-13-7-5-6-12(17)16(13)18/h5-10,19H,3-4,18H2,1-2H3. The van der Waals surface area contributed by atoms with Gasteiger partial charge in [-0.25, -0.2) is 4.39 Å². The van der Waals surface area contributed by atoms with Gasteiger partial charge < -0.3 is 20.5 Å². The van der Waals surface area contributed by atoms with E-state index in [9.17, 15) is 4.39 Å². The third-order valence-electron chi connectivity index (χ3n) is 2.88. The minimum atomic E-state index is -0.448. The van der Waals surface area contributed by atoms with Crippen LogP contribution in [-0.4, -0.2) is 13.2 Å². The van der Waals surface area contributed by atoms with Crippen LogP contribution in [0.4, 0.5) is 21.5 Å². The van der Waals surface area contributed by atoms with Crippen LogP contribution >= 0.6 is 0 Å². The zero-order valence-electron chi connectivity index (χ0n) is 12.2. The number of nitrogens with one attached hydrogen (secondary N) is 1. The smallest absolute Gasteiger partial charge is 0.163 e. The number of benzene rings is 2. The second-order valence-corrected chi connectivity index (χ2v) is 4.35. The molecule has 2 rings (SSSR count). The molecule has 0 spiro atoms. The van der Waals surface area contributed by atoms with Gasteiger partial charge in [0.2, 0.25) is 0 Å². The van der Waals surface area contributed by atoms with Gasteiger partial charge in [-0.15, -0.1) is 0 Å². The molecular weight excluding hydrogens is 271 g/mol. The lowest BCUT2D eigenvalue weighted by Gasteiger charge is -2.14. The van der Waals surface area contributed by atoms with Crippen LogP contribution in [0.2, 0.25) is 0 Å². The predicted molar refractivity (Wildman–Crippen MR) is 82.9 cm³/mol. The summed E-state index contributed by atoms with van der Waals surface area (Å²) >= 11 is 0. The van der Waals surface area contributed by atoms with Gasteiger partial charge in [0.25, 0.3) is 0 Å². The van der Waals surface area contributed by atoms with Gasteiger partial charge in [-0.2, -0.15) is 0 Å². The van der Waals surface area contributed by atoms with E-state index in [2.05, 4.69) is 5.32 Å². The molecular formula is C16H19FN2O2. The van der Waals surface area contributed by atoms with Gasteiger partial charge in [0.15, 0.2) is 11.5 Å². The molecule has 4 nitrogen and oxygen atoms in total. The Bertz CT molecular complexity index is 617. The van der Waals surface area contributed by atoms with Crippen molar-refractivity contribution < 1.29 is 13.9 Å². The Morgan fingerprint density at radius 1 is 1.05 bits per heavy atom. The van der Waals surface area contributed by atoms with Crippen LogP contribution in [0.5, 0.6) is 11.5 Å². The first-order chi connectivity index (χ1) is 10.2. The van der Waals surface area contributed by atoms with Crippen molar-refractivity contribution in [2.45, 2.75) is 13.8 Å². The normalized spacial score (nSPS) is 10.2. The van der Waals surface area contributed by atoms with E-state index in [1.165, 1.54) is 6.07 Å². The molecule has 2 aromatic rings. The average Bonchev–Trinajstić information content (AvgIpc) is 2.47. The second-order valence-electron chi connectivity index (χ2n) is 4.35. The van der Waals surface area contributed by atoms with Gasteiger partial charge in [-0.05, 0) is 38.1 Å². The number of hydrogen-bond acceptors (Lipinski definition) is 4. The lowest BCUT2D eigenvalue weighted by Crippen LogP contribution is -2.01. The summed E-state index contributed by atoms with van der Waals surface area (Å²) in [7, 11) is 0. The number of para-hydroxylation sites is 1. The van der Waals surface area contributed by atoms with E-state index in [4.69, 9.17) is 15.2 Å². The Morgan fingerprint density at radius 3 is 2.48 bits per heavy atom. The van der Waals surface area contributed by atoms with Gasteiger partial charge in [-0.1, -0.05) is 6.07 Å². The molecule has 0 bridgehead atoms. The van der Waals surface area contributed by atoms with E-state index in [0.29, 0.717) is 30.4 Å². The second kappa shape index (κ2) is 6.83. The van der Waals surface area contributed by atoms with Crippen molar-refractivity contribution in [1.82, 2.24) is 0 Å². The number of nitrogen functional groups attached to an aromatic ring is 1. The minimum Gasteiger partial charge on any atom is -0.490 e. The molecule has 0 aliphatic heterocycles. The monoisotopic (exact) mass is 290 g/mol. The fraction of sp³-hybridized carbons (Fsp3) is 0.250. The minimum absolute atomic E-state index is 0.0874. The van der Waals surface area contributed by atoms with Crippen molar-refractivity contribution in [2.75, 3.05) is 24.3 Å². The number of nitrogens with two attached hydrogens (primary N) is 1. The van der Waals surface area contributed by atoms with Crippen molar-refractivity contribution >= 4 is 17.1 Å². The molecule has 0 unspecified atom stereocenters. The van der Waals surface area contributed by atoms with Gasteiger partial charge in [0.1, 0.15) is 5.82 Å². The molecule has 0 atom stereocenters. The van der Waals surface area contributed by atoms with Crippen LogP contribution in [0.25, 0.3) is 0 Å². The van der Waals surface area contributed by atoms with Crippen LogP contribution in [-0.2, 0) is 0 Å². The topological polar surface area (TPSA) is 56.5 Å². The van der Waals surface area contributed by atoms with Crippen molar-refractivity contribution in [1.29, 1.82) is 0 Å². The van der Waals surface area contributed by atoms with Gasteiger partial charge in [0, 0.05) is 11.8 Å². The van der Waals surface area contributed by atoms with E-state index in [0.717, 1.165) is 5.69 Å². The molecule has 0 saturated heterocycles. The van der Waals surface area contributed by atoms with Gasteiger partial charge in [-0.3, -0.25) is 0 Å². The molecule has 0 radical (unpaired) electrons. The molecule has 0 aliphatic rings.